The van der Waals surface area contributed by atoms with E-state index < -0.39 is 4.92 Å². The van der Waals surface area contributed by atoms with Gasteiger partial charge in [-0.05, 0) is 31.5 Å². The average Bonchev–Trinajstić information content (AvgIpc) is 2.29. The topological polar surface area (TPSA) is 64.4 Å². The smallest absolute Gasteiger partial charge is 0.312 e. The van der Waals surface area contributed by atoms with E-state index in [0.29, 0.717) is 22.9 Å². The average molecular weight is 331 g/mol. The second-order valence-corrected chi connectivity index (χ2v) is 5.55. The Bertz CT molecular complexity index is 450. The van der Waals surface area contributed by atoms with Crippen LogP contribution in [0.1, 0.15) is 25.8 Å². The molecule has 1 rings (SSSR count). The van der Waals surface area contributed by atoms with Gasteiger partial charge in [-0.3, -0.25) is 10.1 Å². The highest BCUT2D eigenvalue weighted by atomic mass is 79.9. The van der Waals surface area contributed by atoms with Crippen molar-refractivity contribution in [2.45, 2.75) is 33.2 Å². The lowest BCUT2D eigenvalue weighted by atomic mass is 10.2. The third kappa shape index (κ3) is 5.16. The van der Waals surface area contributed by atoms with Crippen LogP contribution in [0.25, 0.3) is 0 Å². The molecule has 0 fully saturated rings. The van der Waals surface area contributed by atoms with Gasteiger partial charge in [0.15, 0.2) is 5.75 Å². The Kier molecular flexibility index (Phi) is 6.24. The van der Waals surface area contributed by atoms with Gasteiger partial charge in [-0.2, -0.15) is 0 Å². The van der Waals surface area contributed by atoms with Gasteiger partial charge in [0.05, 0.1) is 11.5 Å². The fourth-order valence-corrected chi connectivity index (χ4v) is 2.23. The Balaban J connectivity index is 2.64. The van der Waals surface area contributed by atoms with Gasteiger partial charge in [-0.25, -0.2) is 0 Å². The highest BCUT2D eigenvalue weighted by molar-refractivity contribution is 9.10. The summed E-state index contributed by atoms with van der Waals surface area (Å²) in [6.45, 7) is 7.25. The highest BCUT2D eigenvalue weighted by Gasteiger charge is 2.18. The van der Waals surface area contributed by atoms with E-state index in [-0.39, 0.29) is 5.69 Å². The molecule has 0 spiro atoms. The van der Waals surface area contributed by atoms with Gasteiger partial charge in [-0.15, -0.1) is 0 Å². The molecule has 0 amide bonds. The number of nitro groups is 1. The number of ether oxygens (including phenoxy) is 1. The molecule has 0 aliphatic rings. The van der Waals surface area contributed by atoms with Gasteiger partial charge in [-0.1, -0.05) is 29.8 Å². The van der Waals surface area contributed by atoms with Crippen molar-refractivity contribution in [2.24, 2.45) is 0 Å². The van der Waals surface area contributed by atoms with Crippen LogP contribution in [0.4, 0.5) is 5.69 Å². The number of halogens is 1. The Labute approximate surface area is 121 Å². The van der Waals surface area contributed by atoms with E-state index in [0.717, 1.165) is 18.5 Å². The van der Waals surface area contributed by atoms with E-state index in [1.807, 2.05) is 6.07 Å². The number of nitro benzene ring substituents is 1. The molecule has 1 aromatic rings. The Morgan fingerprint density at radius 1 is 1.47 bits per heavy atom. The molecule has 0 aliphatic heterocycles. The molecule has 0 heterocycles. The van der Waals surface area contributed by atoms with Crippen LogP contribution in [0.5, 0.6) is 5.75 Å². The van der Waals surface area contributed by atoms with Crippen LogP contribution in [0.3, 0.4) is 0 Å². The fourth-order valence-electron chi connectivity index (χ4n) is 1.67. The molecule has 6 heteroatoms. The minimum atomic E-state index is -0.417. The molecule has 0 saturated carbocycles. The largest absolute Gasteiger partial charge is 0.487 e. The van der Waals surface area contributed by atoms with Crippen molar-refractivity contribution < 1.29 is 9.66 Å². The molecule has 0 aliphatic carbocycles. The van der Waals surface area contributed by atoms with E-state index in [4.69, 9.17) is 4.74 Å². The second kappa shape index (κ2) is 7.45. The van der Waals surface area contributed by atoms with Crippen LogP contribution in [-0.4, -0.2) is 24.1 Å². The van der Waals surface area contributed by atoms with Crippen molar-refractivity contribution in [1.82, 2.24) is 5.32 Å². The highest BCUT2D eigenvalue weighted by Crippen LogP contribution is 2.34. The lowest BCUT2D eigenvalue weighted by Crippen LogP contribution is -2.24. The van der Waals surface area contributed by atoms with Gasteiger partial charge >= 0.3 is 5.69 Å². The van der Waals surface area contributed by atoms with E-state index >= 15 is 0 Å². The number of nitrogens with zero attached hydrogens (tertiary/aromatic N) is 1. The number of rotatable bonds is 7. The monoisotopic (exact) mass is 330 g/mol. The normalized spacial score (nSPS) is 10.8. The molecule has 1 N–H and O–H groups in total. The zero-order valence-corrected chi connectivity index (χ0v) is 13.0. The Morgan fingerprint density at radius 3 is 2.74 bits per heavy atom. The van der Waals surface area contributed by atoms with Crippen molar-refractivity contribution in [3.05, 3.63) is 32.3 Å². The van der Waals surface area contributed by atoms with Crippen LogP contribution in [0, 0.1) is 17.0 Å². The maximum atomic E-state index is 11.0. The van der Waals surface area contributed by atoms with Crippen molar-refractivity contribution >= 4 is 21.6 Å². The van der Waals surface area contributed by atoms with Gasteiger partial charge in [0, 0.05) is 16.6 Å². The summed E-state index contributed by atoms with van der Waals surface area (Å²) in [5.74, 6) is 0.359. The van der Waals surface area contributed by atoms with E-state index in [1.54, 1.807) is 6.92 Å². The van der Waals surface area contributed by atoms with E-state index in [2.05, 4.69) is 35.1 Å². The molecule has 0 radical (unpaired) electrons. The molecule has 19 heavy (non-hydrogen) atoms. The minimum Gasteiger partial charge on any atom is -0.487 e. The molecule has 0 saturated heterocycles. The maximum Gasteiger partial charge on any atom is 0.312 e. The Morgan fingerprint density at radius 2 is 2.16 bits per heavy atom. The van der Waals surface area contributed by atoms with Crippen LogP contribution in [-0.2, 0) is 0 Å². The number of hydrogen-bond acceptors (Lipinski definition) is 4. The molecule has 1 aromatic carbocycles. The number of aryl methyl sites for hydroxylation is 1. The molecule has 106 valence electrons. The molecule has 5 nitrogen and oxygen atoms in total. The summed E-state index contributed by atoms with van der Waals surface area (Å²) in [5, 5.41) is 14.3. The minimum absolute atomic E-state index is 0.00342. The summed E-state index contributed by atoms with van der Waals surface area (Å²) >= 11 is 3.25. The van der Waals surface area contributed by atoms with Crippen molar-refractivity contribution in [2.75, 3.05) is 13.2 Å². The first kappa shape index (κ1) is 15.9. The van der Waals surface area contributed by atoms with Gasteiger partial charge in [0.25, 0.3) is 0 Å². The van der Waals surface area contributed by atoms with Gasteiger partial charge in [0.1, 0.15) is 0 Å². The molecular formula is C13H19BrN2O3. The summed E-state index contributed by atoms with van der Waals surface area (Å²) in [6, 6.07) is 3.72. The molecule has 0 bridgehead atoms. The van der Waals surface area contributed by atoms with Crippen LogP contribution < -0.4 is 10.1 Å². The van der Waals surface area contributed by atoms with Gasteiger partial charge in [0.2, 0.25) is 0 Å². The lowest BCUT2D eigenvalue weighted by molar-refractivity contribution is -0.386. The summed E-state index contributed by atoms with van der Waals surface area (Å²) in [6.07, 6.45) is 0.810. The molecule has 0 aromatic heterocycles. The predicted octanol–water partition coefficient (Wildman–Crippen LogP) is 3.43. The standard InChI is InChI=1S/C13H19BrN2O3/c1-9(2)15-5-4-6-19-13-10(3)7-11(14)8-12(13)16(17)18/h7-9,15H,4-6H2,1-3H3. The first-order valence-electron chi connectivity index (χ1n) is 6.22. The molecule has 0 unspecified atom stereocenters. The SMILES string of the molecule is Cc1cc(Br)cc([N+](=O)[O-])c1OCCCNC(C)C. The van der Waals surface area contributed by atoms with Gasteiger partial charge < -0.3 is 10.1 Å². The quantitative estimate of drug-likeness (QED) is 0.472. The first-order valence-corrected chi connectivity index (χ1v) is 7.02. The summed E-state index contributed by atoms with van der Waals surface area (Å²) in [7, 11) is 0. The van der Waals surface area contributed by atoms with Crippen molar-refractivity contribution in [1.29, 1.82) is 0 Å². The maximum absolute atomic E-state index is 11.0. The summed E-state index contributed by atoms with van der Waals surface area (Å²) < 4.78 is 6.25. The third-order valence-corrected chi connectivity index (χ3v) is 2.99. The second-order valence-electron chi connectivity index (χ2n) is 4.64. The van der Waals surface area contributed by atoms with Crippen LogP contribution in [0.2, 0.25) is 0 Å². The van der Waals surface area contributed by atoms with E-state index in [1.165, 1.54) is 6.07 Å². The van der Waals surface area contributed by atoms with E-state index in [9.17, 15) is 10.1 Å². The number of nitrogens with one attached hydrogen (secondary N) is 1. The first-order chi connectivity index (χ1) is 8.91. The third-order valence-electron chi connectivity index (χ3n) is 2.54. The fraction of sp³-hybridized carbons (Fsp3) is 0.538. The lowest BCUT2D eigenvalue weighted by Gasteiger charge is -2.11. The Hall–Kier alpha value is -1.14. The summed E-state index contributed by atoms with van der Waals surface area (Å²) in [5.41, 5.74) is 0.765. The van der Waals surface area contributed by atoms with Crippen LogP contribution >= 0.6 is 15.9 Å². The van der Waals surface area contributed by atoms with Crippen LogP contribution in [0.15, 0.2) is 16.6 Å². The zero-order chi connectivity index (χ0) is 14.4. The predicted molar refractivity (Wildman–Crippen MR) is 78.8 cm³/mol. The number of hydrogen-bond donors (Lipinski definition) is 1. The summed E-state index contributed by atoms with van der Waals surface area (Å²) in [4.78, 5) is 10.6. The van der Waals surface area contributed by atoms with Crippen molar-refractivity contribution in [3.63, 3.8) is 0 Å². The molecule has 0 atom stereocenters. The zero-order valence-electron chi connectivity index (χ0n) is 11.4. The van der Waals surface area contributed by atoms with Crippen molar-refractivity contribution in [3.8, 4) is 5.75 Å². The number of benzene rings is 1. The molecular weight excluding hydrogens is 312 g/mol.